The summed E-state index contributed by atoms with van der Waals surface area (Å²) in [6, 6.07) is 0. The Morgan fingerprint density at radius 3 is 1.75 bits per heavy atom. The van der Waals surface area contributed by atoms with Crippen molar-refractivity contribution < 1.29 is 4.79 Å². The zero-order valence-electron chi connectivity index (χ0n) is 4.61. The van der Waals surface area contributed by atoms with Crippen molar-refractivity contribution >= 4 is 29.1 Å². The monoisotopic (exact) mass is 154 g/mol. The molecule has 0 bridgehead atoms. The van der Waals surface area contributed by atoms with Gasteiger partial charge in [0.15, 0.2) is 0 Å². The minimum absolute atomic E-state index is 0.227. The van der Waals surface area contributed by atoms with Crippen molar-refractivity contribution in [3.63, 3.8) is 0 Å². The first-order chi connectivity index (χ1) is 3.55. The van der Waals surface area contributed by atoms with Gasteiger partial charge in [0, 0.05) is 14.1 Å². The van der Waals surface area contributed by atoms with Crippen LogP contribution in [0.3, 0.4) is 0 Å². The van der Waals surface area contributed by atoms with Gasteiger partial charge in [-0.1, -0.05) is 23.2 Å². The zero-order chi connectivity index (χ0) is 6.73. The quantitative estimate of drug-likeness (QED) is 0.553. The van der Waals surface area contributed by atoms with Crippen LogP contribution in [0.15, 0.2) is 0 Å². The standard InChI is InChI=1S/C4H6Cl2NO/c1-7(2)4(8)3(5)6/h1-2H3. The molecule has 0 aliphatic carbocycles. The fourth-order valence-electron chi connectivity index (χ4n) is 0.169. The molecule has 0 rings (SSSR count). The lowest BCUT2D eigenvalue weighted by Crippen LogP contribution is -2.22. The van der Waals surface area contributed by atoms with E-state index in [1.165, 1.54) is 4.90 Å². The molecule has 0 unspecified atom stereocenters. The molecule has 0 aliphatic rings. The Bertz CT molecular complexity index is 82.0. The van der Waals surface area contributed by atoms with E-state index >= 15 is 0 Å². The molecule has 0 aromatic carbocycles. The van der Waals surface area contributed by atoms with Crippen LogP contribution in [0.2, 0.25) is 0 Å². The molecule has 1 amide bonds. The Morgan fingerprint density at radius 1 is 1.38 bits per heavy atom. The fraction of sp³-hybridized carbons (Fsp3) is 0.500. The van der Waals surface area contributed by atoms with Crippen molar-refractivity contribution in [3.8, 4) is 0 Å². The number of hydrogen-bond acceptors (Lipinski definition) is 1. The highest BCUT2D eigenvalue weighted by atomic mass is 35.5. The molecule has 0 atom stereocenters. The van der Waals surface area contributed by atoms with Gasteiger partial charge in [-0.15, -0.1) is 0 Å². The van der Waals surface area contributed by atoms with Gasteiger partial charge in [0.05, 0.1) is 0 Å². The summed E-state index contributed by atoms with van der Waals surface area (Å²) in [7, 11) is 3.15. The third-order valence-corrected chi connectivity index (χ3v) is 0.891. The Labute approximate surface area is 58.4 Å². The van der Waals surface area contributed by atoms with Crippen molar-refractivity contribution in [1.29, 1.82) is 0 Å². The number of carbonyl (C=O) groups is 1. The molecule has 0 spiro atoms. The molecule has 0 saturated carbocycles. The molecule has 0 aromatic heterocycles. The SMILES string of the molecule is CN(C)C(=O)[C](Cl)Cl. The highest BCUT2D eigenvalue weighted by Crippen LogP contribution is 2.13. The van der Waals surface area contributed by atoms with Crippen LogP contribution >= 0.6 is 23.2 Å². The Balaban J connectivity index is 3.65. The third kappa shape index (κ3) is 2.38. The lowest BCUT2D eigenvalue weighted by Gasteiger charge is -2.08. The van der Waals surface area contributed by atoms with Crippen LogP contribution in [-0.2, 0) is 4.79 Å². The van der Waals surface area contributed by atoms with E-state index in [0.717, 1.165) is 0 Å². The van der Waals surface area contributed by atoms with Crippen molar-refractivity contribution in [1.82, 2.24) is 4.90 Å². The smallest absolute Gasteiger partial charge is 0.262 e. The fourth-order valence-corrected chi connectivity index (χ4v) is 0.507. The second-order valence-corrected chi connectivity index (χ2v) is 2.41. The van der Waals surface area contributed by atoms with E-state index < -0.39 is 0 Å². The van der Waals surface area contributed by atoms with E-state index in [2.05, 4.69) is 0 Å². The average molecular weight is 155 g/mol. The second-order valence-electron chi connectivity index (χ2n) is 1.46. The molecule has 2 nitrogen and oxygen atoms in total. The molecule has 0 heterocycles. The molecule has 0 N–H and O–H groups in total. The highest BCUT2D eigenvalue weighted by molar-refractivity contribution is 6.62. The van der Waals surface area contributed by atoms with Gasteiger partial charge < -0.3 is 4.90 Å². The van der Waals surface area contributed by atoms with E-state index in [0.29, 0.717) is 0 Å². The molecule has 8 heavy (non-hydrogen) atoms. The lowest BCUT2D eigenvalue weighted by atomic mass is 10.6. The molecule has 0 aromatic rings. The molecule has 1 radical (unpaired) electrons. The van der Waals surface area contributed by atoms with Gasteiger partial charge in [-0.3, -0.25) is 4.79 Å². The van der Waals surface area contributed by atoms with E-state index in [1.807, 2.05) is 0 Å². The van der Waals surface area contributed by atoms with E-state index in [4.69, 9.17) is 23.2 Å². The third-order valence-electron chi connectivity index (χ3n) is 0.568. The minimum Gasteiger partial charge on any atom is -0.346 e. The van der Waals surface area contributed by atoms with Gasteiger partial charge in [0.25, 0.3) is 5.91 Å². The van der Waals surface area contributed by atoms with Crippen LogP contribution in [0.5, 0.6) is 0 Å². The summed E-state index contributed by atoms with van der Waals surface area (Å²) in [6.07, 6.45) is 0. The average Bonchev–Trinajstić information content (AvgIpc) is 1.64. The number of hydrogen-bond donors (Lipinski definition) is 0. The Morgan fingerprint density at radius 2 is 1.75 bits per heavy atom. The van der Waals surface area contributed by atoms with Gasteiger partial charge in [0.2, 0.25) is 4.84 Å². The summed E-state index contributed by atoms with van der Waals surface area (Å²) in [5, 5.41) is 0. The van der Waals surface area contributed by atoms with Crippen LogP contribution in [0, 0.1) is 4.84 Å². The summed E-state index contributed by atoms with van der Waals surface area (Å²) in [6.45, 7) is 0. The number of amides is 1. The van der Waals surface area contributed by atoms with Gasteiger partial charge in [0.1, 0.15) is 0 Å². The number of rotatable bonds is 1. The van der Waals surface area contributed by atoms with Gasteiger partial charge in [-0.2, -0.15) is 0 Å². The van der Waals surface area contributed by atoms with Crippen molar-refractivity contribution in [2.24, 2.45) is 0 Å². The zero-order valence-corrected chi connectivity index (χ0v) is 6.12. The predicted octanol–water partition coefficient (Wildman–Crippen LogP) is 1.04. The van der Waals surface area contributed by atoms with E-state index in [9.17, 15) is 4.79 Å². The summed E-state index contributed by atoms with van der Waals surface area (Å²) in [5.41, 5.74) is 0. The maximum Gasteiger partial charge on any atom is 0.262 e. The van der Waals surface area contributed by atoms with Crippen molar-refractivity contribution in [2.75, 3.05) is 14.1 Å². The molecular weight excluding hydrogens is 149 g/mol. The van der Waals surface area contributed by atoms with Crippen LogP contribution in [0.1, 0.15) is 0 Å². The van der Waals surface area contributed by atoms with Crippen LogP contribution < -0.4 is 0 Å². The Kier molecular flexibility index (Phi) is 3.17. The first-order valence-corrected chi connectivity index (χ1v) is 2.71. The van der Waals surface area contributed by atoms with Crippen molar-refractivity contribution in [3.05, 3.63) is 4.84 Å². The van der Waals surface area contributed by atoms with E-state index in [1.54, 1.807) is 14.1 Å². The predicted molar refractivity (Wildman–Crippen MR) is 33.6 cm³/mol. The minimum atomic E-state index is -0.367. The van der Waals surface area contributed by atoms with Gasteiger partial charge in [-0.25, -0.2) is 0 Å². The summed E-state index contributed by atoms with van der Waals surface area (Å²) < 4.78 is 0. The first-order valence-electron chi connectivity index (χ1n) is 1.95. The van der Waals surface area contributed by atoms with Crippen molar-refractivity contribution in [2.45, 2.75) is 0 Å². The topological polar surface area (TPSA) is 20.3 Å². The Hall–Kier alpha value is 0.0500. The molecule has 0 fully saturated rings. The number of carbonyl (C=O) groups excluding carboxylic acids is 1. The summed E-state index contributed by atoms with van der Waals surface area (Å²) in [5.74, 6) is -0.367. The number of halogens is 2. The van der Waals surface area contributed by atoms with Crippen LogP contribution in [0.25, 0.3) is 0 Å². The molecule has 4 heteroatoms. The molecule has 47 valence electrons. The van der Waals surface area contributed by atoms with Crippen LogP contribution in [0.4, 0.5) is 0 Å². The second kappa shape index (κ2) is 3.15. The largest absolute Gasteiger partial charge is 0.346 e. The maximum absolute atomic E-state index is 10.5. The molecule has 0 aliphatic heterocycles. The van der Waals surface area contributed by atoms with Gasteiger partial charge in [-0.05, 0) is 0 Å². The van der Waals surface area contributed by atoms with Gasteiger partial charge >= 0.3 is 0 Å². The molecule has 0 saturated heterocycles. The highest BCUT2D eigenvalue weighted by Gasteiger charge is 2.13. The lowest BCUT2D eigenvalue weighted by molar-refractivity contribution is -0.124. The molecular formula is C4H6Cl2NO. The van der Waals surface area contributed by atoms with Crippen LogP contribution in [-0.4, -0.2) is 24.9 Å². The normalized spacial score (nSPS) is 9.62. The number of nitrogens with zero attached hydrogens (tertiary/aromatic N) is 1. The summed E-state index contributed by atoms with van der Waals surface area (Å²) in [4.78, 5) is 11.5. The summed E-state index contributed by atoms with van der Waals surface area (Å²) >= 11 is 10.2. The maximum atomic E-state index is 10.5. The first kappa shape index (κ1) is 8.05. The van der Waals surface area contributed by atoms with E-state index in [-0.39, 0.29) is 10.7 Å².